The summed E-state index contributed by atoms with van der Waals surface area (Å²) >= 11 is 6.40. The zero-order valence-electron chi connectivity index (χ0n) is 14.9. The highest BCUT2D eigenvalue weighted by molar-refractivity contribution is 6.32. The molecule has 1 saturated heterocycles. The van der Waals surface area contributed by atoms with E-state index in [4.69, 9.17) is 16.3 Å². The van der Waals surface area contributed by atoms with Gasteiger partial charge in [-0.15, -0.1) is 5.10 Å². The van der Waals surface area contributed by atoms with Crippen LogP contribution in [-0.4, -0.2) is 40.6 Å². The molecule has 6 nitrogen and oxygen atoms in total. The molecule has 1 amide bonds. The molecule has 4 rings (SSSR count). The first kappa shape index (κ1) is 17.5. The minimum atomic E-state index is -0.226. The van der Waals surface area contributed by atoms with Crippen LogP contribution in [0, 0.1) is 0 Å². The lowest BCUT2D eigenvalue weighted by molar-refractivity contribution is -0.132. The number of nitrogens with zero attached hydrogens (tertiary/aromatic N) is 3. The number of likely N-dealkylation sites (tertiary alicyclic amines) is 1. The Balaban J connectivity index is 1.54. The lowest BCUT2D eigenvalue weighted by atomic mass is 10.1. The molecule has 2 aromatic carbocycles. The molecule has 7 heteroatoms. The van der Waals surface area contributed by atoms with Crippen LogP contribution in [0.15, 0.2) is 48.7 Å². The van der Waals surface area contributed by atoms with Crippen LogP contribution >= 0.6 is 11.6 Å². The van der Waals surface area contributed by atoms with Crippen molar-refractivity contribution in [3.63, 3.8) is 0 Å². The molecule has 0 radical (unpaired) electrons. The summed E-state index contributed by atoms with van der Waals surface area (Å²) in [6.07, 6.45) is 3.48. The molecule has 3 aromatic rings. The lowest BCUT2D eigenvalue weighted by Gasteiger charge is -2.30. The highest BCUT2D eigenvalue weighted by atomic mass is 35.5. The van der Waals surface area contributed by atoms with Gasteiger partial charge in [-0.2, -0.15) is 5.10 Å². The molecular weight excluding hydrogens is 364 g/mol. The van der Waals surface area contributed by atoms with E-state index >= 15 is 0 Å². The summed E-state index contributed by atoms with van der Waals surface area (Å²) in [5.74, 6) is 0.989. The predicted octanol–water partition coefficient (Wildman–Crippen LogP) is 4.11. The number of benzene rings is 2. The van der Waals surface area contributed by atoms with Gasteiger partial charge in [0, 0.05) is 30.1 Å². The Bertz CT molecular complexity index is 989. The third-order valence-electron chi connectivity index (χ3n) is 4.68. The number of hydrogen-bond acceptors (Lipinski definition) is 5. The number of aromatic nitrogens is 2. The van der Waals surface area contributed by atoms with Gasteiger partial charge in [-0.1, -0.05) is 29.8 Å². The number of likely N-dealkylation sites (N-methyl/N-ethyl adjacent to an activating group) is 1. The monoisotopic (exact) mass is 382 g/mol. The van der Waals surface area contributed by atoms with E-state index in [-0.39, 0.29) is 11.9 Å². The number of fused-ring (bicyclic) bond motifs is 1. The van der Waals surface area contributed by atoms with Crippen LogP contribution in [-0.2, 0) is 4.79 Å². The Morgan fingerprint density at radius 1 is 1.26 bits per heavy atom. The maximum Gasteiger partial charge on any atom is 0.246 e. The Labute approximate surface area is 162 Å². The van der Waals surface area contributed by atoms with Crippen LogP contribution in [0.5, 0.6) is 11.6 Å². The fraction of sp³-hybridized carbons (Fsp3) is 0.250. The minimum absolute atomic E-state index is 0.101. The first-order valence-corrected chi connectivity index (χ1v) is 9.19. The van der Waals surface area contributed by atoms with Gasteiger partial charge in [0.2, 0.25) is 11.8 Å². The van der Waals surface area contributed by atoms with Gasteiger partial charge in [-0.25, -0.2) is 0 Å². The Morgan fingerprint density at radius 3 is 2.96 bits per heavy atom. The van der Waals surface area contributed by atoms with Crippen molar-refractivity contribution >= 4 is 34.0 Å². The summed E-state index contributed by atoms with van der Waals surface area (Å²) < 4.78 is 5.90. The van der Waals surface area contributed by atoms with Crippen molar-refractivity contribution in [3.8, 4) is 11.6 Å². The summed E-state index contributed by atoms with van der Waals surface area (Å²) in [6.45, 7) is 0.802. The van der Waals surface area contributed by atoms with Crippen molar-refractivity contribution < 1.29 is 9.53 Å². The Hall–Kier alpha value is -2.86. The van der Waals surface area contributed by atoms with Crippen LogP contribution in [0.2, 0.25) is 5.02 Å². The molecule has 1 aliphatic rings. The number of halogens is 1. The molecule has 1 aliphatic heterocycles. The maximum atomic E-state index is 12.2. The van der Waals surface area contributed by atoms with E-state index in [0.717, 1.165) is 35.8 Å². The average Bonchev–Trinajstić information content (AvgIpc) is 2.68. The number of nitrogens with one attached hydrogen (secondary N) is 1. The number of carbonyl (C=O) groups is 1. The fourth-order valence-electron chi connectivity index (χ4n) is 3.22. The molecule has 0 spiro atoms. The standard InChI is InChI=1S/C20H19ClN4O2/c1-25-10-4-7-17(20(25)26)23-14-8-9-18(16(21)11-14)27-19-15-6-3-2-5-13(15)12-22-24-19/h2-3,5-6,8-9,11-12,17,23H,4,7,10H2,1H3. The van der Waals surface area contributed by atoms with Gasteiger partial charge < -0.3 is 15.0 Å². The van der Waals surface area contributed by atoms with Gasteiger partial charge in [-0.3, -0.25) is 4.79 Å². The lowest BCUT2D eigenvalue weighted by Crippen LogP contribution is -2.45. The Morgan fingerprint density at radius 2 is 2.11 bits per heavy atom. The third kappa shape index (κ3) is 3.66. The molecule has 1 unspecified atom stereocenters. The molecule has 0 bridgehead atoms. The molecule has 0 saturated carbocycles. The summed E-state index contributed by atoms with van der Waals surface area (Å²) in [5.41, 5.74) is 0.782. The van der Waals surface area contributed by atoms with E-state index in [1.807, 2.05) is 37.4 Å². The second kappa shape index (κ2) is 7.40. The number of amides is 1. The zero-order chi connectivity index (χ0) is 18.8. The van der Waals surface area contributed by atoms with Gasteiger partial charge in [0.05, 0.1) is 11.2 Å². The largest absolute Gasteiger partial charge is 0.435 e. The van der Waals surface area contributed by atoms with E-state index in [9.17, 15) is 4.79 Å². The number of hydrogen-bond donors (Lipinski definition) is 1. The van der Waals surface area contributed by atoms with Crippen molar-refractivity contribution in [1.29, 1.82) is 0 Å². The van der Waals surface area contributed by atoms with Crippen molar-refractivity contribution in [2.24, 2.45) is 0 Å². The van der Waals surface area contributed by atoms with Crippen LogP contribution in [0.4, 0.5) is 5.69 Å². The Kier molecular flexibility index (Phi) is 4.81. The smallest absolute Gasteiger partial charge is 0.246 e. The summed E-state index contributed by atoms with van der Waals surface area (Å²) in [6, 6.07) is 12.9. The van der Waals surface area contributed by atoms with E-state index in [0.29, 0.717) is 16.7 Å². The van der Waals surface area contributed by atoms with E-state index < -0.39 is 0 Å². The van der Waals surface area contributed by atoms with Crippen LogP contribution in [0.3, 0.4) is 0 Å². The molecular formula is C20H19ClN4O2. The number of rotatable bonds is 4. The number of carbonyl (C=O) groups excluding carboxylic acids is 1. The fourth-order valence-corrected chi connectivity index (χ4v) is 3.44. The SMILES string of the molecule is CN1CCCC(Nc2ccc(Oc3nncc4ccccc34)c(Cl)c2)C1=O. The van der Waals surface area contributed by atoms with Crippen LogP contribution in [0.25, 0.3) is 10.8 Å². The quantitative estimate of drug-likeness (QED) is 0.735. The molecule has 1 N–H and O–H groups in total. The average molecular weight is 383 g/mol. The van der Waals surface area contributed by atoms with Gasteiger partial charge >= 0.3 is 0 Å². The summed E-state index contributed by atoms with van der Waals surface area (Å²) in [4.78, 5) is 14.0. The number of anilines is 1. The van der Waals surface area contributed by atoms with Crippen LogP contribution < -0.4 is 10.1 Å². The summed E-state index contributed by atoms with van der Waals surface area (Å²) in [5, 5.41) is 13.6. The van der Waals surface area contributed by atoms with Crippen molar-refractivity contribution in [3.05, 3.63) is 53.7 Å². The van der Waals surface area contributed by atoms with Crippen LogP contribution in [0.1, 0.15) is 12.8 Å². The van der Waals surface area contributed by atoms with Gasteiger partial charge in [0.15, 0.2) is 0 Å². The molecule has 2 heterocycles. The number of ether oxygens (including phenoxy) is 1. The molecule has 1 atom stereocenters. The van der Waals surface area contributed by atoms with Crippen molar-refractivity contribution in [2.75, 3.05) is 18.9 Å². The van der Waals surface area contributed by atoms with E-state index in [1.54, 1.807) is 23.2 Å². The van der Waals surface area contributed by atoms with E-state index in [2.05, 4.69) is 15.5 Å². The highest BCUT2D eigenvalue weighted by Gasteiger charge is 2.26. The van der Waals surface area contributed by atoms with Gasteiger partial charge in [0.25, 0.3) is 0 Å². The maximum absolute atomic E-state index is 12.2. The highest BCUT2D eigenvalue weighted by Crippen LogP contribution is 2.34. The second-order valence-corrected chi connectivity index (χ2v) is 6.99. The first-order valence-electron chi connectivity index (χ1n) is 8.81. The molecule has 138 valence electrons. The van der Waals surface area contributed by atoms with Gasteiger partial charge in [-0.05, 0) is 37.1 Å². The summed E-state index contributed by atoms with van der Waals surface area (Å²) in [7, 11) is 1.82. The number of piperidine rings is 1. The normalized spacial score (nSPS) is 17.2. The second-order valence-electron chi connectivity index (χ2n) is 6.58. The molecule has 1 aromatic heterocycles. The topological polar surface area (TPSA) is 67.3 Å². The third-order valence-corrected chi connectivity index (χ3v) is 4.97. The van der Waals surface area contributed by atoms with Gasteiger partial charge in [0.1, 0.15) is 11.8 Å². The van der Waals surface area contributed by atoms with Crippen molar-refractivity contribution in [1.82, 2.24) is 15.1 Å². The zero-order valence-corrected chi connectivity index (χ0v) is 15.6. The predicted molar refractivity (Wildman–Crippen MR) is 105 cm³/mol. The minimum Gasteiger partial charge on any atom is -0.435 e. The van der Waals surface area contributed by atoms with Crippen molar-refractivity contribution in [2.45, 2.75) is 18.9 Å². The van der Waals surface area contributed by atoms with E-state index in [1.165, 1.54) is 0 Å². The first-order chi connectivity index (χ1) is 13.1. The molecule has 0 aliphatic carbocycles. The molecule has 1 fully saturated rings. The molecule has 27 heavy (non-hydrogen) atoms.